The average Bonchev–Trinajstić information content (AvgIpc) is 3.85. The third-order valence-corrected chi connectivity index (χ3v) is 11.1. The first-order chi connectivity index (χ1) is 27.7. The van der Waals surface area contributed by atoms with E-state index in [1.165, 1.54) is 32.3 Å². The second-order valence-corrected chi connectivity index (χ2v) is 14.3. The van der Waals surface area contributed by atoms with Gasteiger partial charge in [-0.1, -0.05) is 140 Å². The molecular weight excluding hydrogens is 687 g/mol. The van der Waals surface area contributed by atoms with Gasteiger partial charge in [0.2, 0.25) is 0 Å². The summed E-state index contributed by atoms with van der Waals surface area (Å²) in [4.78, 5) is 15.2. The number of furan rings is 2. The predicted octanol–water partition coefficient (Wildman–Crippen LogP) is 13.8. The number of para-hydroxylation sites is 3. The van der Waals surface area contributed by atoms with E-state index in [0.717, 1.165) is 71.7 Å². The molecule has 0 N–H and O–H groups in total. The summed E-state index contributed by atoms with van der Waals surface area (Å²) in [6.45, 7) is 0. The number of hydrogen-bond acceptors (Lipinski definition) is 5. The third kappa shape index (κ3) is 4.64. The van der Waals surface area contributed by atoms with Gasteiger partial charge in [-0.05, 0) is 79.8 Å². The number of benzene rings is 9. The largest absolute Gasteiger partial charge is 0.455 e. The van der Waals surface area contributed by atoms with E-state index in [4.69, 9.17) is 23.8 Å². The lowest BCUT2D eigenvalue weighted by Gasteiger charge is -2.12. The molecular formula is C51H29N3O2. The van der Waals surface area contributed by atoms with Gasteiger partial charge in [0, 0.05) is 27.1 Å². The van der Waals surface area contributed by atoms with E-state index in [-0.39, 0.29) is 0 Å². The van der Waals surface area contributed by atoms with Crippen molar-refractivity contribution in [3.8, 4) is 45.3 Å². The second kappa shape index (κ2) is 11.9. The second-order valence-electron chi connectivity index (χ2n) is 14.3. The molecule has 3 aromatic heterocycles. The van der Waals surface area contributed by atoms with E-state index in [2.05, 4.69) is 103 Å². The van der Waals surface area contributed by atoms with Crippen molar-refractivity contribution in [3.05, 3.63) is 176 Å². The molecule has 5 heteroatoms. The van der Waals surface area contributed by atoms with E-state index in [1.54, 1.807) is 0 Å². The SMILES string of the molecule is c1ccc(-c2nc(-c3cccc4c3oc3ccccc34)nc(-c3cccc4c3oc3cc(-c5ccc6c7ccccc7c7ccccc7c6c5)ccc34)n2)cc1. The molecule has 0 amide bonds. The Balaban J connectivity index is 1.03. The molecule has 0 aliphatic carbocycles. The van der Waals surface area contributed by atoms with Gasteiger partial charge in [0.15, 0.2) is 17.5 Å². The molecule has 12 aromatic rings. The number of nitrogens with zero attached hydrogens (tertiary/aromatic N) is 3. The van der Waals surface area contributed by atoms with E-state index in [1.807, 2.05) is 72.8 Å². The molecule has 56 heavy (non-hydrogen) atoms. The fourth-order valence-corrected chi connectivity index (χ4v) is 8.50. The van der Waals surface area contributed by atoms with Crippen LogP contribution in [0.5, 0.6) is 0 Å². The highest BCUT2D eigenvalue weighted by Gasteiger charge is 2.21. The number of hydrogen-bond donors (Lipinski definition) is 0. The van der Waals surface area contributed by atoms with Gasteiger partial charge in [-0.3, -0.25) is 0 Å². The zero-order valence-corrected chi connectivity index (χ0v) is 29.9. The molecule has 12 rings (SSSR count). The van der Waals surface area contributed by atoms with Crippen molar-refractivity contribution >= 4 is 76.2 Å². The van der Waals surface area contributed by atoms with Crippen LogP contribution in [0.2, 0.25) is 0 Å². The van der Waals surface area contributed by atoms with Crippen LogP contribution in [-0.2, 0) is 0 Å². The number of aromatic nitrogens is 3. The summed E-state index contributed by atoms with van der Waals surface area (Å²) in [7, 11) is 0. The summed E-state index contributed by atoms with van der Waals surface area (Å²) in [6, 6.07) is 61.1. The Hall–Kier alpha value is -7.63. The fourth-order valence-electron chi connectivity index (χ4n) is 8.50. The maximum absolute atomic E-state index is 6.80. The standard InChI is InChI=1S/C51H29N3O2/c1-2-12-30(13-3-1)49-52-50(42-21-10-19-40-38-18-8-9-23-45(38)55-47(40)42)54-51(53-49)43-22-11-20-41-39-27-25-32(29-46(39)56-48(41)43)31-24-26-37-35-16-5-4-14-33(35)34-15-6-7-17-36(34)44(37)28-31/h1-29H. The first-order valence-electron chi connectivity index (χ1n) is 18.8. The first kappa shape index (κ1) is 30.8. The Kier molecular flexibility index (Phi) is 6.56. The monoisotopic (exact) mass is 715 g/mol. The van der Waals surface area contributed by atoms with Crippen molar-refractivity contribution in [3.63, 3.8) is 0 Å². The summed E-state index contributed by atoms with van der Waals surface area (Å²) < 4.78 is 13.2. The molecule has 0 aliphatic heterocycles. The summed E-state index contributed by atoms with van der Waals surface area (Å²) in [5.74, 6) is 1.64. The Bertz CT molecular complexity index is 3510. The Morgan fingerprint density at radius 1 is 0.268 bits per heavy atom. The van der Waals surface area contributed by atoms with Crippen molar-refractivity contribution in [2.24, 2.45) is 0 Å². The molecule has 9 aromatic carbocycles. The zero-order chi connectivity index (χ0) is 36.7. The van der Waals surface area contributed by atoms with Gasteiger partial charge in [0.25, 0.3) is 0 Å². The van der Waals surface area contributed by atoms with Crippen LogP contribution in [0.4, 0.5) is 0 Å². The Labute approximate surface area is 320 Å². The van der Waals surface area contributed by atoms with Crippen LogP contribution in [0, 0.1) is 0 Å². The lowest BCUT2D eigenvalue weighted by molar-refractivity contribution is 0.669. The molecule has 0 saturated carbocycles. The highest BCUT2D eigenvalue weighted by Crippen LogP contribution is 2.41. The van der Waals surface area contributed by atoms with Crippen LogP contribution >= 0.6 is 0 Å². The van der Waals surface area contributed by atoms with E-state index in [0.29, 0.717) is 17.5 Å². The molecule has 0 bridgehead atoms. The molecule has 0 fully saturated rings. The van der Waals surface area contributed by atoms with Crippen LogP contribution in [0.1, 0.15) is 0 Å². The van der Waals surface area contributed by atoms with Gasteiger partial charge >= 0.3 is 0 Å². The molecule has 0 radical (unpaired) electrons. The Morgan fingerprint density at radius 2 is 0.714 bits per heavy atom. The van der Waals surface area contributed by atoms with Gasteiger partial charge in [-0.15, -0.1) is 0 Å². The van der Waals surface area contributed by atoms with Crippen LogP contribution < -0.4 is 0 Å². The van der Waals surface area contributed by atoms with Gasteiger partial charge in [-0.25, -0.2) is 15.0 Å². The van der Waals surface area contributed by atoms with E-state index >= 15 is 0 Å². The summed E-state index contributed by atoms with van der Waals surface area (Å²) in [5, 5.41) is 11.6. The van der Waals surface area contributed by atoms with Crippen LogP contribution in [-0.4, -0.2) is 15.0 Å². The van der Waals surface area contributed by atoms with Crippen molar-refractivity contribution in [1.82, 2.24) is 15.0 Å². The van der Waals surface area contributed by atoms with Crippen molar-refractivity contribution < 1.29 is 8.83 Å². The molecule has 0 spiro atoms. The lowest BCUT2D eigenvalue weighted by Crippen LogP contribution is -2.00. The van der Waals surface area contributed by atoms with Crippen molar-refractivity contribution in [1.29, 1.82) is 0 Å². The average molecular weight is 716 g/mol. The molecule has 260 valence electrons. The van der Waals surface area contributed by atoms with Crippen molar-refractivity contribution in [2.45, 2.75) is 0 Å². The maximum Gasteiger partial charge on any atom is 0.167 e. The maximum atomic E-state index is 6.80. The smallest absolute Gasteiger partial charge is 0.167 e. The molecule has 0 atom stereocenters. The minimum absolute atomic E-state index is 0.528. The normalized spacial score (nSPS) is 11.9. The topological polar surface area (TPSA) is 65.0 Å². The first-order valence-corrected chi connectivity index (χ1v) is 18.8. The van der Waals surface area contributed by atoms with Crippen molar-refractivity contribution in [2.75, 3.05) is 0 Å². The fraction of sp³-hybridized carbons (Fsp3) is 0. The molecule has 0 aliphatic rings. The minimum Gasteiger partial charge on any atom is -0.455 e. The third-order valence-electron chi connectivity index (χ3n) is 11.1. The molecule has 0 unspecified atom stereocenters. The number of fused-ring (bicyclic) bond motifs is 12. The summed E-state index contributed by atoms with van der Waals surface area (Å²) in [5.41, 5.74) is 7.82. The Morgan fingerprint density at radius 3 is 1.36 bits per heavy atom. The van der Waals surface area contributed by atoms with Crippen LogP contribution in [0.25, 0.3) is 121 Å². The van der Waals surface area contributed by atoms with Gasteiger partial charge in [0.05, 0.1) is 11.1 Å². The molecule has 3 heterocycles. The predicted molar refractivity (Wildman–Crippen MR) is 229 cm³/mol. The molecule has 5 nitrogen and oxygen atoms in total. The number of rotatable bonds is 4. The highest BCUT2D eigenvalue weighted by atomic mass is 16.3. The minimum atomic E-state index is 0.528. The van der Waals surface area contributed by atoms with Gasteiger partial charge < -0.3 is 8.83 Å². The highest BCUT2D eigenvalue weighted by molar-refractivity contribution is 6.26. The zero-order valence-electron chi connectivity index (χ0n) is 29.9. The van der Waals surface area contributed by atoms with E-state index in [9.17, 15) is 0 Å². The lowest BCUT2D eigenvalue weighted by atomic mass is 9.92. The summed E-state index contributed by atoms with van der Waals surface area (Å²) >= 11 is 0. The van der Waals surface area contributed by atoms with Crippen LogP contribution in [0.3, 0.4) is 0 Å². The quantitative estimate of drug-likeness (QED) is 0.170. The van der Waals surface area contributed by atoms with E-state index < -0.39 is 0 Å². The van der Waals surface area contributed by atoms with Gasteiger partial charge in [0.1, 0.15) is 22.3 Å². The van der Waals surface area contributed by atoms with Crippen LogP contribution in [0.15, 0.2) is 185 Å². The summed E-state index contributed by atoms with van der Waals surface area (Å²) in [6.07, 6.45) is 0. The molecule has 0 saturated heterocycles. The van der Waals surface area contributed by atoms with Gasteiger partial charge in [-0.2, -0.15) is 0 Å².